The predicted molar refractivity (Wildman–Crippen MR) is 85.3 cm³/mol. The number of aliphatic hydroxyl groups excluding tert-OH is 2. The number of rotatable bonds is 7. The second-order valence-electron chi connectivity index (χ2n) is 5.23. The summed E-state index contributed by atoms with van der Waals surface area (Å²) >= 11 is 0. The van der Waals surface area contributed by atoms with Crippen molar-refractivity contribution in [3.63, 3.8) is 0 Å². The smallest absolute Gasteiger partial charge is 0.338 e. The van der Waals surface area contributed by atoms with Gasteiger partial charge in [0.2, 0.25) is 0 Å². The molecule has 2 aromatic rings. The second-order valence-corrected chi connectivity index (χ2v) is 5.23. The first-order valence-electron chi connectivity index (χ1n) is 7.36. The van der Waals surface area contributed by atoms with Gasteiger partial charge in [-0.1, -0.05) is 60.7 Å². The summed E-state index contributed by atoms with van der Waals surface area (Å²) in [6.45, 7) is -0.0870. The largest absolute Gasteiger partial charge is 0.479 e. The van der Waals surface area contributed by atoms with Gasteiger partial charge in [-0.2, -0.15) is 0 Å². The van der Waals surface area contributed by atoms with E-state index in [1.54, 1.807) is 0 Å². The summed E-state index contributed by atoms with van der Waals surface area (Å²) in [6, 6.07) is 18.7. The molecule has 0 bridgehead atoms. The molecule has 0 amide bonds. The topological polar surface area (TPSA) is 104 Å². The fraction of sp³-hybridized carbons (Fsp3) is 0.222. The molecule has 0 radical (unpaired) electrons. The first-order chi connectivity index (χ1) is 11.5. The number of benzene rings is 2. The van der Waals surface area contributed by atoms with E-state index in [0.717, 1.165) is 11.1 Å². The van der Waals surface area contributed by atoms with Crippen molar-refractivity contribution in [2.75, 3.05) is 6.61 Å². The van der Waals surface area contributed by atoms with Crippen LogP contribution in [0.5, 0.6) is 0 Å². The van der Waals surface area contributed by atoms with Crippen molar-refractivity contribution in [2.45, 2.75) is 18.1 Å². The Morgan fingerprint density at radius 2 is 1.29 bits per heavy atom. The Kier molecular flexibility index (Phi) is 6.06. The van der Waals surface area contributed by atoms with Crippen molar-refractivity contribution in [1.82, 2.24) is 0 Å². The van der Waals surface area contributed by atoms with Crippen LogP contribution in [0.1, 0.15) is 17.0 Å². The van der Waals surface area contributed by atoms with Crippen molar-refractivity contribution < 1.29 is 29.6 Å². The normalized spacial score (nSPS) is 13.3. The average Bonchev–Trinajstić information content (AvgIpc) is 2.62. The predicted octanol–water partition coefficient (Wildman–Crippen LogP) is 1.17. The third-order valence-electron chi connectivity index (χ3n) is 3.59. The van der Waals surface area contributed by atoms with E-state index < -0.39 is 24.1 Å². The van der Waals surface area contributed by atoms with Gasteiger partial charge in [0.25, 0.3) is 0 Å². The number of carbonyl (C=O) groups excluding carboxylic acids is 1. The highest BCUT2D eigenvalue weighted by atomic mass is 16.6. The number of hydrogen-bond acceptors (Lipinski definition) is 5. The van der Waals surface area contributed by atoms with Crippen LogP contribution in [0, 0.1) is 0 Å². The molecule has 0 saturated carbocycles. The fourth-order valence-corrected chi connectivity index (χ4v) is 2.27. The number of carboxylic acid groups (broad SMARTS) is 1. The monoisotopic (exact) mass is 330 g/mol. The molecule has 0 fully saturated rings. The Bertz CT molecular complexity index is 631. The summed E-state index contributed by atoms with van der Waals surface area (Å²) < 4.78 is 5.03. The van der Waals surface area contributed by atoms with Gasteiger partial charge < -0.3 is 20.1 Å². The molecule has 6 heteroatoms. The van der Waals surface area contributed by atoms with Crippen LogP contribution < -0.4 is 0 Å². The van der Waals surface area contributed by atoms with Gasteiger partial charge in [0.15, 0.2) is 12.2 Å². The summed E-state index contributed by atoms with van der Waals surface area (Å²) in [6.07, 6.45) is -4.35. The molecule has 24 heavy (non-hydrogen) atoms. The summed E-state index contributed by atoms with van der Waals surface area (Å²) in [4.78, 5) is 22.4. The number of carbonyl (C=O) groups is 2. The zero-order valence-electron chi connectivity index (χ0n) is 12.8. The lowest BCUT2D eigenvalue weighted by Gasteiger charge is -2.20. The lowest BCUT2D eigenvalue weighted by Crippen LogP contribution is -2.41. The lowest BCUT2D eigenvalue weighted by atomic mass is 9.92. The van der Waals surface area contributed by atoms with Crippen LogP contribution in [0.25, 0.3) is 0 Å². The van der Waals surface area contributed by atoms with Gasteiger partial charge >= 0.3 is 11.9 Å². The summed E-state index contributed by atoms with van der Waals surface area (Å²) in [7, 11) is 0. The summed E-state index contributed by atoms with van der Waals surface area (Å²) in [5.41, 5.74) is 1.81. The molecule has 0 aromatic heterocycles. The number of aliphatic hydroxyl groups is 2. The minimum Gasteiger partial charge on any atom is -0.479 e. The van der Waals surface area contributed by atoms with Crippen LogP contribution in [0.2, 0.25) is 0 Å². The molecule has 0 aliphatic carbocycles. The first-order valence-corrected chi connectivity index (χ1v) is 7.36. The minimum atomic E-state index is -2.22. The Balaban J connectivity index is 2.13. The molecule has 3 N–H and O–H groups in total. The highest BCUT2D eigenvalue weighted by Crippen LogP contribution is 2.25. The van der Waals surface area contributed by atoms with E-state index in [1.165, 1.54) is 0 Å². The van der Waals surface area contributed by atoms with E-state index in [1.807, 2.05) is 60.7 Å². The zero-order valence-corrected chi connectivity index (χ0v) is 12.8. The summed E-state index contributed by atoms with van der Waals surface area (Å²) in [5.74, 6) is -3.14. The van der Waals surface area contributed by atoms with Gasteiger partial charge in [-0.15, -0.1) is 0 Å². The Morgan fingerprint density at radius 1 is 0.833 bits per heavy atom. The van der Waals surface area contributed by atoms with Crippen LogP contribution in [-0.2, 0) is 14.3 Å². The van der Waals surface area contributed by atoms with Gasteiger partial charge in [-0.05, 0) is 11.1 Å². The van der Waals surface area contributed by atoms with E-state index >= 15 is 0 Å². The minimum absolute atomic E-state index is 0.0870. The fourth-order valence-electron chi connectivity index (χ4n) is 2.27. The van der Waals surface area contributed by atoms with Gasteiger partial charge in [0.1, 0.15) is 6.61 Å². The maximum atomic E-state index is 11.8. The third-order valence-corrected chi connectivity index (χ3v) is 3.59. The third kappa shape index (κ3) is 4.41. The molecule has 0 aliphatic heterocycles. The van der Waals surface area contributed by atoms with Crippen molar-refractivity contribution in [1.29, 1.82) is 0 Å². The molecule has 2 atom stereocenters. The van der Waals surface area contributed by atoms with Gasteiger partial charge in [0.05, 0.1) is 0 Å². The molecule has 126 valence electrons. The van der Waals surface area contributed by atoms with Crippen LogP contribution in [0.4, 0.5) is 0 Å². The molecule has 0 aliphatic rings. The number of ether oxygens (including phenoxy) is 1. The van der Waals surface area contributed by atoms with Crippen molar-refractivity contribution in [2.24, 2.45) is 0 Å². The van der Waals surface area contributed by atoms with Gasteiger partial charge in [-0.25, -0.2) is 9.59 Å². The van der Waals surface area contributed by atoms with Crippen LogP contribution in [-0.4, -0.2) is 46.1 Å². The van der Waals surface area contributed by atoms with E-state index in [9.17, 15) is 19.8 Å². The standard InChI is InChI=1S/C18H18O6/c19-15(17(21)22)16(20)18(23)24-11-14(12-7-3-1-4-8-12)13-9-5-2-6-10-13/h1-10,14-16,19-20H,11H2,(H,21,22)/t15-,16-/m1/s1. The van der Waals surface area contributed by atoms with Gasteiger partial charge in [-0.3, -0.25) is 0 Å². The van der Waals surface area contributed by atoms with Crippen LogP contribution >= 0.6 is 0 Å². The first kappa shape index (κ1) is 17.7. The average molecular weight is 330 g/mol. The highest BCUT2D eigenvalue weighted by molar-refractivity contribution is 5.84. The molecule has 0 spiro atoms. The molecule has 2 aromatic carbocycles. The molecule has 0 saturated heterocycles. The van der Waals surface area contributed by atoms with Gasteiger partial charge in [0, 0.05) is 5.92 Å². The lowest BCUT2D eigenvalue weighted by molar-refractivity contribution is -0.170. The van der Waals surface area contributed by atoms with Crippen molar-refractivity contribution in [3.8, 4) is 0 Å². The van der Waals surface area contributed by atoms with E-state index in [2.05, 4.69) is 0 Å². The quantitative estimate of drug-likeness (QED) is 0.658. The maximum absolute atomic E-state index is 11.8. The number of esters is 1. The van der Waals surface area contributed by atoms with E-state index in [0.29, 0.717) is 0 Å². The van der Waals surface area contributed by atoms with Crippen LogP contribution in [0.3, 0.4) is 0 Å². The molecular weight excluding hydrogens is 312 g/mol. The van der Waals surface area contributed by atoms with Crippen LogP contribution in [0.15, 0.2) is 60.7 Å². The zero-order chi connectivity index (χ0) is 17.5. The Hall–Kier alpha value is -2.70. The molecular formula is C18H18O6. The molecule has 2 rings (SSSR count). The number of carboxylic acids is 1. The number of aliphatic carboxylic acids is 1. The molecule has 6 nitrogen and oxygen atoms in total. The molecule has 0 heterocycles. The number of hydrogen-bond donors (Lipinski definition) is 3. The Labute approximate surface area is 138 Å². The van der Waals surface area contributed by atoms with E-state index in [4.69, 9.17) is 9.84 Å². The Morgan fingerprint density at radius 3 is 1.71 bits per heavy atom. The molecule has 0 unspecified atom stereocenters. The highest BCUT2D eigenvalue weighted by Gasteiger charge is 2.32. The SMILES string of the molecule is O=C(O)[C@H](O)[C@@H](O)C(=O)OCC(c1ccccc1)c1ccccc1. The second kappa shape index (κ2) is 8.24. The van der Waals surface area contributed by atoms with Crippen molar-refractivity contribution >= 4 is 11.9 Å². The maximum Gasteiger partial charge on any atom is 0.338 e. The van der Waals surface area contributed by atoms with Crippen molar-refractivity contribution in [3.05, 3.63) is 71.8 Å². The summed E-state index contributed by atoms with van der Waals surface area (Å²) in [5, 5.41) is 27.3. The van der Waals surface area contributed by atoms with E-state index in [-0.39, 0.29) is 12.5 Å².